The van der Waals surface area contributed by atoms with Gasteiger partial charge >= 0.3 is 0 Å². The number of sulfonamides is 2. The van der Waals surface area contributed by atoms with E-state index in [9.17, 15) is 25.6 Å². The number of hydrogen-bond donors (Lipinski definition) is 2. The Balaban J connectivity index is 1.57. The number of halogens is 2. The Labute approximate surface area is 163 Å². The topological polar surface area (TPSA) is 92.3 Å². The van der Waals surface area contributed by atoms with E-state index in [1.165, 1.54) is 24.3 Å². The van der Waals surface area contributed by atoms with Gasteiger partial charge in [0.2, 0.25) is 20.0 Å². The molecule has 10 heteroatoms. The molecule has 1 fully saturated rings. The van der Waals surface area contributed by atoms with Crippen LogP contribution in [0.25, 0.3) is 0 Å². The number of rotatable bonds is 6. The summed E-state index contributed by atoms with van der Waals surface area (Å²) in [5.74, 6) is -1.04. The molecule has 28 heavy (non-hydrogen) atoms. The molecular formula is C18H20F2N2O4S2. The normalized spacial score (nSPS) is 20.8. The summed E-state index contributed by atoms with van der Waals surface area (Å²) in [4.78, 5) is -0.0407. The number of nitrogens with one attached hydrogen (secondary N) is 2. The lowest BCUT2D eigenvalue weighted by atomic mass is 9.92. The summed E-state index contributed by atoms with van der Waals surface area (Å²) in [7, 11) is -7.53. The summed E-state index contributed by atoms with van der Waals surface area (Å²) in [5.41, 5.74) is 0. The largest absolute Gasteiger partial charge is 0.240 e. The minimum atomic E-state index is -3.77. The molecule has 0 aromatic heterocycles. The van der Waals surface area contributed by atoms with Gasteiger partial charge in [0.05, 0.1) is 9.79 Å². The third kappa shape index (κ3) is 5.13. The predicted octanol–water partition coefficient (Wildman–Crippen LogP) is 2.53. The molecule has 0 radical (unpaired) electrons. The number of hydrogen-bond acceptors (Lipinski definition) is 4. The van der Waals surface area contributed by atoms with E-state index in [0.717, 1.165) is 24.3 Å². The van der Waals surface area contributed by atoms with Crippen molar-refractivity contribution in [1.29, 1.82) is 0 Å². The van der Waals surface area contributed by atoms with Crippen molar-refractivity contribution in [3.8, 4) is 0 Å². The summed E-state index contributed by atoms with van der Waals surface area (Å²) in [6.45, 7) is 0. The molecule has 0 unspecified atom stereocenters. The van der Waals surface area contributed by atoms with E-state index in [2.05, 4.69) is 9.44 Å². The molecule has 1 saturated carbocycles. The molecule has 0 bridgehead atoms. The fourth-order valence-electron chi connectivity index (χ4n) is 3.13. The molecule has 0 aliphatic heterocycles. The molecule has 2 N–H and O–H groups in total. The van der Waals surface area contributed by atoms with Gasteiger partial charge < -0.3 is 0 Å². The second-order valence-corrected chi connectivity index (χ2v) is 10.1. The van der Waals surface area contributed by atoms with Crippen LogP contribution in [-0.4, -0.2) is 28.9 Å². The molecule has 2 aromatic rings. The van der Waals surface area contributed by atoms with E-state index in [1.807, 2.05) is 0 Å². The first-order valence-electron chi connectivity index (χ1n) is 8.71. The molecular weight excluding hydrogens is 410 g/mol. The van der Waals surface area contributed by atoms with Gasteiger partial charge in [-0.2, -0.15) is 0 Å². The molecule has 2 aromatic carbocycles. The van der Waals surface area contributed by atoms with Gasteiger partial charge in [-0.15, -0.1) is 0 Å². The van der Waals surface area contributed by atoms with Crippen LogP contribution < -0.4 is 9.44 Å². The molecule has 3 rings (SSSR count). The average Bonchev–Trinajstić information content (AvgIpc) is 2.64. The smallest absolute Gasteiger partial charge is 0.208 e. The minimum Gasteiger partial charge on any atom is -0.208 e. The van der Waals surface area contributed by atoms with E-state index in [-0.39, 0.29) is 21.9 Å². The Kier molecular flexibility index (Phi) is 6.13. The van der Waals surface area contributed by atoms with E-state index >= 15 is 0 Å². The van der Waals surface area contributed by atoms with Crippen molar-refractivity contribution >= 4 is 20.0 Å². The van der Waals surface area contributed by atoms with Gasteiger partial charge in [0, 0.05) is 12.1 Å². The van der Waals surface area contributed by atoms with E-state index in [4.69, 9.17) is 0 Å². The van der Waals surface area contributed by atoms with Gasteiger partial charge in [-0.3, -0.25) is 0 Å². The first-order valence-corrected chi connectivity index (χ1v) is 11.7. The first-order chi connectivity index (χ1) is 13.2. The van der Waals surface area contributed by atoms with Crippen molar-refractivity contribution in [3.63, 3.8) is 0 Å². The monoisotopic (exact) mass is 430 g/mol. The van der Waals surface area contributed by atoms with Crippen molar-refractivity contribution < 1.29 is 25.6 Å². The van der Waals surface area contributed by atoms with E-state index in [0.29, 0.717) is 25.7 Å². The first kappa shape index (κ1) is 20.8. The van der Waals surface area contributed by atoms with Crippen molar-refractivity contribution in [3.05, 3.63) is 60.2 Å². The van der Waals surface area contributed by atoms with Crippen LogP contribution in [0.3, 0.4) is 0 Å². The van der Waals surface area contributed by atoms with Crippen LogP contribution in [0.1, 0.15) is 25.7 Å². The summed E-state index contributed by atoms with van der Waals surface area (Å²) in [5, 5.41) is 0. The van der Waals surface area contributed by atoms with Gasteiger partial charge in [0.1, 0.15) is 11.6 Å². The van der Waals surface area contributed by atoms with Crippen molar-refractivity contribution in [2.75, 3.05) is 0 Å². The van der Waals surface area contributed by atoms with Gasteiger partial charge in [-0.25, -0.2) is 35.1 Å². The highest BCUT2D eigenvalue weighted by Crippen LogP contribution is 2.23. The molecule has 0 saturated heterocycles. The standard InChI is InChI=1S/C18H20F2N2O4S2/c19-13-1-9-17(10-2-13)27(23,24)21-15-5-7-16(8-6-15)22-28(25,26)18-11-3-14(20)4-12-18/h1-4,9-12,15-16,21-22H,5-8H2. The van der Waals surface area contributed by atoms with Crippen LogP contribution in [0.2, 0.25) is 0 Å². The average molecular weight is 430 g/mol. The molecule has 0 amide bonds. The van der Waals surface area contributed by atoms with Gasteiger partial charge in [0.25, 0.3) is 0 Å². The van der Waals surface area contributed by atoms with Crippen molar-refractivity contribution in [2.45, 2.75) is 47.6 Å². The van der Waals surface area contributed by atoms with Crippen LogP contribution >= 0.6 is 0 Å². The van der Waals surface area contributed by atoms with E-state index in [1.54, 1.807) is 0 Å². The highest BCUT2D eigenvalue weighted by molar-refractivity contribution is 7.89. The summed E-state index contributed by atoms with van der Waals surface area (Å²) >= 11 is 0. The third-order valence-electron chi connectivity index (χ3n) is 4.62. The zero-order valence-corrected chi connectivity index (χ0v) is 16.4. The SMILES string of the molecule is O=S(=O)(NC1CCC(NS(=O)(=O)c2ccc(F)cc2)CC1)c1ccc(F)cc1. The summed E-state index contributed by atoms with van der Waals surface area (Å²) in [6, 6.07) is 8.43. The van der Waals surface area contributed by atoms with Crippen molar-refractivity contribution in [2.24, 2.45) is 0 Å². The lowest BCUT2D eigenvalue weighted by Crippen LogP contribution is -2.43. The van der Waals surface area contributed by atoms with Crippen LogP contribution in [0.15, 0.2) is 58.3 Å². The Morgan fingerprint density at radius 2 is 0.893 bits per heavy atom. The third-order valence-corrected chi connectivity index (χ3v) is 7.69. The minimum absolute atomic E-state index is 0.0203. The highest BCUT2D eigenvalue weighted by Gasteiger charge is 2.28. The lowest BCUT2D eigenvalue weighted by molar-refractivity contribution is 0.356. The Morgan fingerprint density at radius 3 is 1.18 bits per heavy atom. The fraction of sp³-hybridized carbons (Fsp3) is 0.333. The fourth-order valence-corrected chi connectivity index (χ4v) is 5.74. The molecule has 0 heterocycles. The maximum absolute atomic E-state index is 13.0. The highest BCUT2D eigenvalue weighted by atomic mass is 32.2. The predicted molar refractivity (Wildman–Crippen MR) is 99.5 cm³/mol. The summed E-state index contributed by atoms with van der Waals surface area (Å²) < 4.78 is 80.5. The maximum Gasteiger partial charge on any atom is 0.240 e. The van der Waals surface area contributed by atoms with Crippen LogP contribution in [0, 0.1) is 11.6 Å². The Bertz CT molecular complexity index is 931. The molecule has 152 valence electrons. The quantitative estimate of drug-likeness (QED) is 0.737. The van der Waals surface area contributed by atoms with Gasteiger partial charge in [0.15, 0.2) is 0 Å². The summed E-state index contributed by atoms with van der Waals surface area (Å²) in [6.07, 6.45) is 1.82. The Hall–Kier alpha value is -1.88. The second-order valence-electron chi connectivity index (χ2n) is 6.70. The maximum atomic E-state index is 13.0. The zero-order chi connectivity index (χ0) is 20.4. The molecule has 1 aliphatic carbocycles. The lowest BCUT2D eigenvalue weighted by Gasteiger charge is -2.29. The van der Waals surface area contributed by atoms with Crippen LogP contribution in [0.5, 0.6) is 0 Å². The zero-order valence-electron chi connectivity index (χ0n) is 14.8. The molecule has 0 atom stereocenters. The van der Waals surface area contributed by atoms with Crippen molar-refractivity contribution in [1.82, 2.24) is 9.44 Å². The van der Waals surface area contributed by atoms with Crippen LogP contribution in [-0.2, 0) is 20.0 Å². The van der Waals surface area contributed by atoms with E-state index < -0.39 is 31.7 Å². The van der Waals surface area contributed by atoms with Crippen LogP contribution in [0.4, 0.5) is 8.78 Å². The molecule has 6 nitrogen and oxygen atoms in total. The van der Waals surface area contributed by atoms with Gasteiger partial charge in [-0.05, 0) is 74.2 Å². The second kappa shape index (κ2) is 8.24. The van der Waals surface area contributed by atoms with Gasteiger partial charge in [-0.1, -0.05) is 0 Å². The molecule has 1 aliphatic rings. The number of benzene rings is 2. The Morgan fingerprint density at radius 1 is 0.607 bits per heavy atom. The molecule has 0 spiro atoms.